The Hall–Kier alpha value is -3.15. The van der Waals surface area contributed by atoms with Gasteiger partial charge < -0.3 is 4.98 Å². The number of hydrogen-bond acceptors (Lipinski definition) is 6. The van der Waals surface area contributed by atoms with E-state index in [0.29, 0.717) is 22.2 Å². The van der Waals surface area contributed by atoms with Gasteiger partial charge in [0.2, 0.25) is 0 Å². The quantitative estimate of drug-likeness (QED) is 0.401. The van der Waals surface area contributed by atoms with Crippen LogP contribution in [0, 0.1) is 11.3 Å². The van der Waals surface area contributed by atoms with Gasteiger partial charge in [-0.1, -0.05) is 52.8 Å². The van der Waals surface area contributed by atoms with Crippen LogP contribution in [0.5, 0.6) is 0 Å². The van der Waals surface area contributed by atoms with Crippen molar-refractivity contribution in [3.63, 3.8) is 0 Å². The molecule has 0 bridgehead atoms. The van der Waals surface area contributed by atoms with E-state index >= 15 is 0 Å². The summed E-state index contributed by atoms with van der Waals surface area (Å²) in [7, 11) is 0. The van der Waals surface area contributed by atoms with Crippen molar-refractivity contribution in [1.82, 2.24) is 25.0 Å². The lowest BCUT2D eigenvalue weighted by Crippen LogP contribution is -2.15. The van der Waals surface area contributed by atoms with Gasteiger partial charge in [0.1, 0.15) is 10.5 Å². The third kappa shape index (κ3) is 3.76. The summed E-state index contributed by atoms with van der Waals surface area (Å²) in [5.41, 5.74) is 3.27. The van der Waals surface area contributed by atoms with E-state index in [1.807, 2.05) is 36.4 Å². The van der Waals surface area contributed by atoms with Gasteiger partial charge in [-0.3, -0.25) is 4.79 Å². The van der Waals surface area contributed by atoms with E-state index in [0.717, 1.165) is 16.6 Å². The maximum atomic E-state index is 12.2. The van der Waals surface area contributed by atoms with Crippen LogP contribution in [-0.2, 0) is 12.3 Å². The molecule has 0 aliphatic heterocycles. The number of H-pyrrole nitrogens is 1. The largest absolute Gasteiger partial charge is 0.300 e. The molecule has 2 heterocycles. The topological polar surface area (TPSA) is 100 Å². The van der Waals surface area contributed by atoms with Crippen molar-refractivity contribution in [3.8, 4) is 6.07 Å². The van der Waals surface area contributed by atoms with Crippen molar-refractivity contribution in [2.45, 2.75) is 17.5 Å². The molecule has 1 N–H and O–H groups in total. The Labute approximate surface area is 169 Å². The summed E-state index contributed by atoms with van der Waals surface area (Å²) in [6, 6.07) is 16.9. The molecule has 7 nitrogen and oxygen atoms in total. The molecule has 9 heteroatoms. The summed E-state index contributed by atoms with van der Waals surface area (Å²) in [5, 5.41) is 17.6. The molecule has 138 valence electrons. The number of nitrogens with one attached hydrogen (secondary N) is 1. The number of aromatic amines is 1. The highest BCUT2D eigenvalue weighted by molar-refractivity contribution is 7.98. The van der Waals surface area contributed by atoms with Crippen LogP contribution in [0.1, 0.15) is 16.8 Å². The second-order valence-electron chi connectivity index (χ2n) is 5.96. The first-order valence-corrected chi connectivity index (χ1v) is 9.69. The standard InChI is InChI=1S/C19H13ClN6OS/c20-17-15(10-26-16-4-2-1-3-14(16)24-25-26)22-19(23-18(17)27)28-11-13-7-5-12(9-21)6-8-13/h1-8H,10-11H2,(H,22,23,27). The van der Waals surface area contributed by atoms with Gasteiger partial charge in [-0.2, -0.15) is 5.26 Å². The van der Waals surface area contributed by atoms with E-state index in [9.17, 15) is 4.79 Å². The molecule has 2 aromatic heterocycles. The number of hydrogen-bond donors (Lipinski definition) is 1. The Morgan fingerprint density at radius 2 is 1.96 bits per heavy atom. The zero-order valence-electron chi connectivity index (χ0n) is 14.5. The van der Waals surface area contributed by atoms with Gasteiger partial charge in [0, 0.05) is 5.75 Å². The predicted molar refractivity (Wildman–Crippen MR) is 107 cm³/mol. The van der Waals surface area contributed by atoms with Crippen molar-refractivity contribution in [1.29, 1.82) is 5.26 Å². The third-order valence-corrected chi connectivity index (χ3v) is 5.42. The number of nitriles is 1. The molecule has 0 radical (unpaired) electrons. The second kappa shape index (κ2) is 7.84. The molecule has 4 aromatic rings. The molecular weight excluding hydrogens is 396 g/mol. The number of thioether (sulfide) groups is 1. The molecule has 0 atom stereocenters. The minimum Gasteiger partial charge on any atom is -0.300 e. The number of halogens is 1. The summed E-state index contributed by atoms with van der Waals surface area (Å²) >= 11 is 7.56. The number of fused-ring (bicyclic) bond motifs is 1. The Bertz CT molecular complexity index is 1240. The van der Waals surface area contributed by atoms with Crippen molar-refractivity contribution in [3.05, 3.63) is 80.7 Å². The van der Waals surface area contributed by atoms with Gasteiger partial charge in [-0.05, 0) is 29.8 Å². The molecule has 28 heavy (non-hydrogen) atoms. The number of nitrogens with zero attached hydrogens (tertiary/aromatic N) is 5. The molecule has 0 fully saturated rings. The first-order chi connectivity index (χ1) is 13.6. The van der Waals surface area contributed by atoms with Crippen LogP contribution in [0.4, 0.5) is 0 Å². The molecule has 2 aromatic carbocycles. The van der Waals surface area contributed by atoms with E-state index in [2.05, 4.69) is 26.3 Å². The maximum absolute atomic E-state index is 12.2. The Morgan fingerprint density at radius 1 is 1.18 bits per heavy atom. The Morgan fingerprint density at radius 3 is 2.75 bits per heavy atom. The molecule has 0 aliphatic rings. The zero-order valence-corrected chi connectivity index (χ0v) is 16.0. The van der Waals surface area contributed by atoms with Gasteiger partial charge in [-0.15, -0.1) is 5.10 Å². The van der Waals surface area contributed by atoms with Gasteiger partial charge in [0.05, 0.1) is 29.4 Å². The van der Waals surface area contributed by atoms with Crippen molar-refractivity contribution in [2.75, 3.05) is 0 Å². The minimum atomic E-state index is -0.390. The summed E-state index contributed by atoms with van der Waals surface area (Å²) in [4.78, 5) is 19.4. The first kappa shape index (κ1) is 18.2. The van der Waals surface area contributed by atoms with Crippen LogP contribution in [0.25, 0.3) is 11.0 Å². The SMILES string of the molecule is N#Cc1ccc(CSc2nc(Cn3nnc4ccccc43)c(Cl)c(=O)[nH]2)cc1. The fraction of sp³-hybridized carbons (Fsp3) is 0.105. The molecule has 4 rings (SSSR count). The van der Waals surface area contributed by atoms with Gasteiger partial charge in [0.25, 0.3) is 5.56 Å². The monoisotopic (exact) mass is 408 g/mol. The summed E-state index contributed by atoms with van der Waals surface area (Å²) < 4.78 is 1.66. The fourth-order valence-corrected chi connectivity index (χ4v) is 3.64. The highest BCUT2D eigenvalue weighted by Crippen LogP contribution is 2.21. The number of aromatic nitrogens is 5. The number of para-hydroxylation sites is 1. The fourth-order valence-electron chi connectivity index (χ4n) is 2.66. The second-order valence-corrected chi connectivity index (χ2v) is 7.31. The third-order valence-electron chi connectivity index (χ3n) is 4.09. The van der Waals surface area contributed by atoms with Gasteiger partial charge in [-0.25, -0.2) is 9.67 Å². The maximum Gasteiger partial charge on any atom is 0.270 e. The molecule has 0 saturated heterocycles. The smallest absolute Gasteiger partial charge is 0.270 e. The number of rotatable bonds is 5. The van der Waals surface area contributed by atoms with Crippen molar-refractivity contribution >= 4 is 34.4 Å². The average molecular weight is 409 g/mol. The van der Waals surface area contributed by atoms with Crippen LogP contribution < -0.4 is 5.56 Å². The lowest BCUT2D eigenvalue weighted by molar-refractivity contribution is 0.648. The van der Waals surface area contributed by atoms with Crippen LogP contribution >= 0.6 is 23.4 Å². The highest BCUT2D eigenvalue weighted by atomic mass is 35.5. The summed E-state index contributed by atoms with van der Waals surface area (Å²) in [5.74, 6) is 0.599. The normalized spacial score (nSPS) is 10.9. The van der Waals surface area contributed by atoms with Crippen LogP contribution in [0.3, 0.4) is 0 Å². The molecular formula is C19H13ClN6OS. The molecule has 0 saturated carbocycles. The van der Waals surface area contributed by atoms with Crippen molar-refractivity contribution in [2.24, 2.45) is 0 Å². The first-order valence-electron chi connectivity index (χ1n) is 8.33. The lowest BCUT2D eigenvalue weighted by Gasteiger charge is -2.07. The van der Waals surface area contributed by atoms with Gasteiger partial charge >= 0.3 is 0 Å². The zero-order chi connectivity index (χ0) is 19.5. The molecule has 0 unspecified atom stereocenters. The van der Waals surface area contributed by atoms with Gasteiger partial charge in [0.15, 0.2) is 5.16 Å². The number of benzene rings is 2. The molecule has 0 spiro atoms. The van der Waals surface area contributed by atoms with E-state index in [1.165, 1.54) is 11.8 Å². The minimum absolute atomic E-state index is 0.0438. The van der Waals surface area contributed by atoms with Crippen molar-refractivity contribution < 1.29 is 0 Å². The van der Waals surface area contributed by atoms with E-state index < -0.39 is 5.56 Å². The highest BCUT2D eigenvalue weighted by Gasteiger charge is 2.13. The summed E-state index contributed by atoms with van der Waals surface area (Å²) in [6.45, 7) is 0.244. The Kier molecular flexibility index (Phi) is 5.10. The molecule has 0 aliphatic carbocycles. The average Bonchev–Trinajstić information content (AvgIpc) is 3.13. The van der Waals surface area contributed by atoms with E-state index in [4.69, 9.17) is 16.9 Å². The predicted octanol–water partition coefficient (Wildman–Crippen LogP) is 3.38. The molecule has 0 amide bonds. The lowest BCUT2D eigenvalue weighted by atomic mass is 10.2. The van der Waals surface area contributed by atoms with Crippen LogP contribution in [-0.4, -0.2) is 25.0 Å². The summed E-state index contributed by atoms with van der Waals surface area (Å²) in [6.07, 6.45) is 0. The van der Waals surface area contributed by atoms with E-state index in [1.54, 1.807) is 16.8 Å². The van der Waals surface area contributed by atoms with Crippen LogP contribution in [0.2, 0.25) is 5.02 Å². The van der Waals surface area contributed by atoms with E-state index in [-0.39, 0.29) is 11.6 Å². The van der Waals surface area contributed by atoms with Crippen LogP contribution in [0.15, 0.2) is 58.5 Å². The Balaban J connectivity index is 1.57.